The monoisotopic (exact) mass is 458 g/mol. The highest BCUT2D eigenvalue weighted by Crippen LogP contribution is 2.28. The highest BCUT2D eigenvalue weighted by atomic mass is 32.2. The Morgan fingerprint density at radius 1 is 1.19 bits per heavy atom. The molecule has 0 saturated heterocycles. The maximum atomic E-state index is 13.5. The van der Waals surface area contributed by atoms with Crippen LogP contribution in [0.4, 0.5) is 13.9 Å². The van der Waals surface area contributed by atoms with Crippen LogP contribution in [-0.2, 0) is 4.79 Å². The van der Waals surface area contributed by atoms with Crippen LogP contribution in [0.3, 0.4) is 0 Å². The first-order chi connectivity index (χ1) is 14.9. The second-order valence-electron chi connectivity index (χ2n) is 6.63. The van der Waals surface area contributed by atoms with E-state index in [0.29, 0.717) is 21.5 Å². The normalized spacial score (nSPS) is 12.0. The van der Waals surface area contributed by atoms with Gasteiger partial charge < -0.3 is 5.32 Å². The summed E-state index contributed by atoms with van der Waals surface area (Å²) in [7, 11) is 0. The van der Waals surface area contributed by atoms with Gasteiger partial charge in [0.15, 0.2) is 16.8 Å². The molecule has 0 spiro atoms. The molecule has 0 fully saturated rings. The van der Waals surface area contributed by atoms with Gasteiger partial charge in [-0.3, -0.25) is 4.79 Å². The topological polar surface area (TPSA) is 85.6 Å². The fourth-order valence-electron chi connectivity index (χ4n) is 2.71. The Morgan fingerprint density at radius 2 is 2.03 bits per heavy atom. The second kappa shape index (κ2) is 8.90. The fraction of sp³-hybridized carbons (Fsp3) is 0.150. The van der Waals surface area contributed by atoms with Gasteiger partial charge in [-0.25, -0.2) is 13.8 Å². The molecule has 31 heavy (non-hydrogen) atoms. The number of tetrazole rings is 1. The number of carbonyl (C=O) groups excluding carboxylic acids is 1. The van der Waals surface area contributed by atoms with E-state index in [1.165, 1.54) is 29.2 Å². The number of rotatable bonds is 6. The van der Waals surface area contributed by atoms with Gasteiger partial charge in [0.1, 0.15) is 0 Å². The van der Waals surface area contributed by atoms with Crippen LogP contribution in [-0.4, -0.2) is 36.3 Å². The second-order valence-corrected chi connectivity index (χ2v) is 8.79. The molecule has 1 amide bonds. The molecular formula is C20H16F2N6OS2. The van der Waals surface area contributed by atoms with E-state index in [-0.39, 0.29) is 5.91 Å². The van der Waals surface area contributed by atoms with Gasteiger partial charge in [0.2, 0.25) is 11.1 Å². The summed E-state index contributed by atoms with van der Waals surface area (Å²) in [4.78, 5) is 16.9. The number of hydrogen-bond donors (Lipinski definition) is 1. The number of hydrogen-bond acceptors (Lipinski definition) is 7. The van der Waals surface area contributed by atoms with Crippen LogP contribution in [0.15, 0.2) is 53.0 Å². The van der Waals surface area contributed by atoms with E-state index in [4.69, 9.17) is 0 Å². The first-order valence-corrected chi connectivity index (χ1v) is 10.9. The Balaban J connectivity index is 1.44. The van der Waals surface area contributed by atoms with Crippen LogP contribution in [0.5, 0.6) is 0 Å². The number of nitrogens with one attached hydrogen (secondary N) is 1. The maximum Gasteiger partial charge on any atom is 0.239 e. The molecule has 0 saturated carbocycles. The number of carbonyl (C=O) groups is 1. The van der Waals surface area contributed by atoms with E-state index in [1.54, 1.807) is 17.0 Å². The lowest BCUT2D eigenvalue weighted by molar-refractivity contribution is -0.115. The third-order valence-electron chi connectivity index (χ3n) is 4.29. The number of amides is 1. The molecule has 11 heteroatoms. The van der Waals surface area contributed by atoms with E-state index in [2.05, 4.69) is 25.8 Å². The summed E-state index contributed by atoms with van der Waals surface area (Å²) in [6, 6.07) is 11.2. The molecule has 2 aromatic carbocycles. The van der Waals surface area contributed by atoms with Gasteiger partial charge in [-0.05, 0) is 60.2 Å². The van der Waals surface area contributed by atoms with Gasteiger partial charge >= 0.3 is 0 Å². The van der Waals surface area contributed by atoms with Gasteiger partial charge in [0.25, 0.3) is 0 Å². The van der Waals surface area contributed by atoms with Crippen LogP contribution < -0.4 is 5.32 Å². The summed E-state index contributed by atoms with van der Waals surface area (Å²) in [5.41, 5.74) is 2.74. The van der Waals surface area contributed by atoms with E-state index in [0.717, 1.165) is 23.4 Å². The quantitative estimate of drug-likeness (QED) is 0.429. The van der Waals surface area contributed by atoms with Gasteiger partial charge in [-0.15, -0.1) is 16.4 Å². The molecule has 1 N–H and O–H groups in total. The highest BCUT2D eigenvalue weighted by molar-refractivity contribution is 8.00. The number of thioether (sulfide) groups is 1. The van der Waals surface area contributed by atoms with Crippen molar-refractivity contribution in [2.24, 2.45) is 0 Å². The number of aryl methyl sites for hydroxylation is 1. The molecular weight excluding hydrogens is 442 g/mol. The average Bonchev–Trinajstić information content (AvgIpc) is 3.39. The van der Waals surface area contributed by atoms with Crippen molar-refractivity contribution in [1.29, 1.82) is 0 Å². The minimum absolute atomic E-state index is 0.282. The van der Waals surface area contributed by atoms with Crippen LogP contribution in [0, 0.1) is 18.6 Å². The summed E-state index contributed by atoms with van der Waals surface area (Å²) in [5, 5.41) is 16.5. The van der Waals surface area contributed by atoms with Crippen molar-refractivity contribution in [2.75, 3.05) is 5.32 Å². The molecule has 0 bridgehead atoms. The number of aromatic nitrogens is 5. The first kappa shape index (κ1) is 21.1. The molecule has 2 aromatic heterocycles. The van der Waals surface area contributed by atoms with Crippen molar-refractivity contribution in [3.63, 3.8) is 0 Å². The number of halogens is 2. The maximum absolute atomic E-state index is 13.5. The zero-order chi connectivity index (χ0) is 22.0. The number of nitrogens with zero attached hydrogens (tertiary/aromatic N) is 5. The summed E-state index contributed by atoms with van der Waals surface area (Å²) in [6.45, 7) is 3.71. The lowest BCUT2D eigenvalue weighted by atomic mass is 10.2. The summed E-state index contributed by atoms with van der Waals surface area (Å²) in [6.07, 6.45) is 0. The fourth-order valence-corrected chi connectivity index (χ4v) is 4.24. The molecule has 1 atom stereocenters. The molecule has 4 aromatic rings. The van der Waals surface area contributed by atoms with Crippen molar-refractivity contribution < 1.29 is 13.6 Å². The smallest absolute Gasteiger partial charge is 0.239 e. The predicted octanol–water partition coefficient (Wildman–Crippen LogP) is 4.49. The largest absolute Gasteiger partial charge is 0.301 e. The minimum atomic E-state index is -0.951. The van der Waals surface area contributed by atoms with Crippen molar-refractivity contribution >= 4 is 34.1 Å². The Morgan fingerprint density at radius 3 is 2.81 bits per heavy atom. The van der Waals surface area contributed by atoms with Gasteiger partial charge in [-0.1, -0.05) is 23.9 Å². The Bertz CT molecular complexity index is 1240. The standard InChI is InChI=1S/C20H16F2N6OS2/c1-11-4-3-5-14(8-11)28-20(25-26-27-28)31-12(2)18(29)24-19-23-17(10-30-19)13-6-7-15(21)16(22)9-13/h3-10,12H,1-2H3,(H,23,24,29). The molecule has 0 aliphatic carbocycles. The van der Waals surface area contributed by atoms with Crippen LogP contribution in [0.1, 0.15) is 12.5 Å². The van der Waals surface area contributed by atoms with E-state index in [1.807, 2.05) is 31.2 Å². The Hall–Kier alpha value is -3.18. The SMILES string of the molecule is Cc1cccc(-n2nnnc2SC(C)C(=O)Nc2nc(-c3ccc(F)c(F)c3)cs2)c1. The van der Waals surface area contributed by atoms with Crippen molar-refractivity contribution in [3.05, 3.63) is 65.0 Å². The Labute approximate surface area is 184 Å². The summed E-state index contributed by atoms with van der Waals surface area (Å²) < 4.78 is 28.2. The molecule has 1 unspecified atom stereocenters. The minimum Gasteiger partial charge on any atom is -0.301 e. The van der Waals surface area contributed by atoms with Crippen LogP contribution in [0.25, 0.3) is 16.9 Å². The van der Waals surface area contributed by atoms with Crippen LogP contribution >= 0.6 is 23.1 Å². The Kier molecular flexibility index (Phi) is 6.05. The molecule has 0 radical (unpaired) electrons. The lowest BCUT2D eigenvalue weighted by Gasteiger charge is -2.10. The number of anilines is 1. The predicted molar refractivity (Wildman–Crippen MR) is 115 cm³/mol. The molecule has 2 heterocycles. The third-order valence-corrected chi connectivity index (χ3v) is 6.08. The summed E-state index contributed by atoms with van der Waals surface area (Å²) in [5.74, 6) is -2.16. The zero-order valence-corrected chi connectivity index (χ0v) is 18.0. The number of benzene rings is 2. The van der Waals surface area contributed by atoms with Crippen molar-refractivity contribution in [1.82, 2.24) is 25.2 Å². The average molecular weight is 459 g/mol. The van der Waals surface area contributed by atoms with Gasteiger partial charge in [0.05, 0.1) is 16.6 Å². The number of thiazole rings is 1. The third kappa shape index (κ3) is 4.78. The van der Waals surface area contributed by atoms with Gasteiger partial charge in [-0.2, -0.15) is 4.68 Å². The first-order valence-electron chi connectivity index (χ1n) is 9.14. The lowest BCUT2D eigenvalue weighted by Crippen LogP contribution is -2.22. The van der Waals surface area contributed by atoms with Crippen molar-refractivity contribution in [3.8, 4) is 16.9 Å². The summed E-state index contributed by atoms with van der Waals surface area (Å²) >= 11 is 2.41. The van der Waals surface area contributed by atoms with E-state index in [9.17, 15) is 13.6 Å². The van der Waals surface area contributed by atoms with Gasteiger partial charge in [0, 0.05) is 10.9 Å². The van der Waals surface area contributed by atoms with E-state index < -0.39 is 16.9 Å². The molecule has 158 valence electrons. The van der Waals surface area contributed by atoms with E-state index >= 15 is 0 Å². The van der Waals surface area contributed by atoms with Crippen LogP contribution in [0.2, 0.25) is 0 Å². The van der Waals surface area contributed by atoms with Crippen molar-refractivity contribution in [2.45, 2.75) is 24.3 Å². The zero-order valence-electron chi connectivity index (χ0n) is 16.4. The molecule has 0 aliphatic heterocycles. The molecule has 4 rings (SSSR count). The highest BCUT2D eigenvalue weighted by Gasteiger charge is 2.20. The molecule has 7 nitrogen and oxygen atoms in total. The molecule has 0 aliphatic rings.